The molecule has 1 aromatic heterocycles. The summed E-state index contributed by atoms with van der Waals surface area (Å²) in [6.45, 7) is 1.58. The van der Waals surface area contributed by atoms with Gasteiger partial charge in [-0.3, -0.25) is 14.4 Å². The molecular weight excluding hydrogens is 360 g/mol. The van der Waals surface area contributed by atoms with Crippen LogP contribution in [0, 0.1) is 0 Å². The summed E-state index contributed by atoms with van der Waals surface area (Å²) in [5.41, 5.74) is 6.25. The maximum atomic E-state index is 12.9. The molecule has 9 nitrogen and oxygen atoms in total. The van der Waals surface area contributed by atoms with E-state index in [1.54, 1.807) is 14.5 Å². The van der Waals surface area contributed by atoms with E-state index in [0.29, 0.717) is 32.5 Å². The van der Waals surface area contributed by atoms with Gasteiger partial charge < -0.3 is 15.5 Å². The Morgan fingerprint density at radius 2 is 1.89 bits per heavy atom. The summed E-state index contributed by atoms with van der Waals surface area (Å²) in [6.07, 6.45) is 3.33. The third kappa shape index (κ3) is 3.47. The third-order valence-electron chi connectivity index (χ3n) is 5.37. The molecule has 146 valence electrons. The zero-order valence-electron chi connectivity index (χ0n) is 15.4. The monoisotopic (exact) mass is 382 g/mol. The van der Waals surface area contributed by atoms with Gasteiger partial charge in [-0.05, 0) is 18.4 Å². The van der Waals surface area contributed by atoms with Crippen LogP contribution < -0.4 is 5.73 Å². The van der Waals surface area contributed by atoms with Crippen LogP contribution in [0.3, 0.4) is 0 Å². The van der Waals surface area contributed by atoms with Crippen molar-refractivity contribution in [3.8, 4) is 0 Å². The Balaban J connectivity index is 1.35. The Hall–Kier alpha value is -3.23. The predicted molar refractivity (Wildman–Crippen MR) is 99.0 cm³/mol. The number of nitrogens with zero attached hydrogens (tertiary/aromatic N) is 5. The Bertz CT molecular complexity index is 890. The Morgan fingerprint density at radius 1 is 1.14 bits per heavy atom. The van der Waals surface area contributed by atoms with Gasteiger partial charge in [0.2, 0.25) is 11.8 Å². The molecule has 2 N–H and O–H groups in total. The summed E-state index contributed by atoms with van der Waals surface area (Å²) in [4.78, 5) is 40.2. The van der Waals surface area contributed by atoms with Gasteiger partial charge in [0.05, 0.1) is 18.7 Å². The molecule has 1 unspecified atom stereocenters. The van der Waals surface area contributed by atoms with Gasteiger partial charge >= 0.3 is 0 Å². The SMILES string of the molecule is NC(=O)c1cn(C2CN(C(=O)C3CCCN3C(=O)Cc3ccccc3)C2)nn1. The van der Waals surface area contributed by atoms with Crippen molar-refractivity contribution in [2.75, 3.05) is 19.6 Å². The summed E-state index contributed by atoms with van der Waals surface area (Å²) in [5.74, 6) is -0.663. The molecule has 3 amide bonds. The largest absolute Gasteiger partial charge is 0.364 e. The fourth-order valence-electron chi connectivity index (χ4n) is 3.78. The minimum absolute atomic E-state index is 0.0125. The lowest BCUT2D eigenvalue weighted by Gasteiger charge is -2.41. The molecular formula is C19H22N6O3. The average Bonchev–Trinajstić information content (AvgIpc) is 3.31. The summed E-state index contributed by atoms with van der Waals surface area (Å²) < 4.78 is 1.57. The van der Waals surface area contributed by atoms with Crippen molar-refractivity contribution in [1.29, 1.82) is 0 Å². The first kappa shape index (κ1) is 18.1. The van der Waals surface area contributed by atoms with Crippen molar-refractivity contribution in [3.05, 3.63) is 47.8 Å². The second kappa shape index (κ2) is 7.41. The minimum atomic E-state index is -0.628. The highest BCUT2D eigenvalue weighted by Gasteiger charge is 2.41. The smallest absolute Gasteiger partial charge is 0.270 e. The van der Waals surface area contributed by atoms with E-state index in [1.807, 2.05) is 30.3 Å². The molecule has 4 rings (SSSR count). The number of hydrogen-bond acceptors (Lipinski definition) is 5. The molecule has 2 aromatic rings. The van der Waals surface area contributed by atoms with Crippen LogP contribution in [0.5, 0.6) is 0 Å². The van der Waals surface area contributed by atoms with Gasteiger partial charge in [-0.2, -0.15) is 0 Å². The van der Waals surface area contributed by atoms with Crippen LogP contribution in [-0.2, 0) is 16.0 Å². The second-order valence-electron chi connectivity index (χ2n) is 7.25. The number of amides is 3. The van der Waals surface area contributed by atoms with Crippen molar-refractivity contribution in [3.63, 3.8) is 0 Å². The van der Waals surface area contributed by atoms with E-state index >= 15 is 0 Å². The molecule has 2 fully saturated rings. The number of carbonyl (C=O) groups is 3. The first-order chi connectivity index (χ1) is 13.5. The fourth-order valence-corrected chi connectivity index (χ4v) is 3.78. The molecule has 1 atom stereocenters. The lowest BCUT2D eigenvalue weighted by molar-refractivity contribution is -0.147. The number of carbonyl (C=O) groups excluding carboxylic acids is 3. The van der Waals surface area contributed by atoms with Gasteiger partial charge in [-0.25, -0.2) is 4.68 Å². The van der Waals surface area contributed by atoms with E-state index in [0.717, 1.165) is 12.0 Å². The maximum Gasteiger partial charge on any atom is 0.270 e. The second-order valence-corrected chi connectivity index (χ2v) is 7.25. The predicted octanol–water partition coefficient (Wildman–Crippen LogP) is -0.00600. The van der Waals surface area contributed by atoms with Crippen LogP contribution in [0.1, 0.15) is 34.9 Å². The van der Waals surface area contributed by atoms with E-state index in [1.165, 1.54) is 6.20 Å². The van der Waals surface area contributed by atoms with E-state index in [-0.39, 0.29) is 23.6 Å². The number of benzene rings is 1. The molecule has 9 heteroatoms. The van der Waals surface area contributed by atoms with Gasteiger partial charge in [0, 0.05) is 19.6 Å². The van der Waals surface area contributed by atoms with Gasteiger partial charge in [-0.15, -0.1) is 5.10 Å². The molecule has 0 spiro atoms. The average molecular weight is 382 g/mol. The van der Waals surface area contributed by atoms with Crippen molar-refractivity contribution >= 4 is 17.7 Å². The van der Waals surface area contributed by atoms with Gasteiger partial charge in [-0.1, -0.05) is 35.5 Å². The molecule has 0 bridgehead atoms. The van der Waals surface area contributed by atoms with E-state index in [2.05, 4.69) is 10.3 Å². The molecule has 1 aromatic carbocycles. The van der Waals surface area contributed by atoms with E-state index in [9.17, 15) is 14.4 Å². The van der Waals surface area contributed by atoms with Gasteiger partial charge in [0.15, 0.2) is 5.69 Å². The quantitative estimate of drug-likeness (QED) is 0.781. The molecule has 2 saturated heterocycles. The number of nitrogens with two attached hydrogens (primary N) is 1. The van der Waals surface area contributed by atoms with Crippen molar-refractivity contribution < 1.29 is 14.4 Å². The maximum absolute atomic E-state index is 12.9. The van der Waals surface area contributed by atoms with Crippen LogP contribution in [0.2, 0.25) is 0 Å². The number of rotatable bonds is 5. The van der Waals surface area contributed by atoms with Crippen LogP contribution in [-0.4, -0.2) is 68.2 Å². The van der Waals surface area contributed by atoms with Gasteiger partial charge in [0.1, 0.15) is 6.04 Å². The zero-order valence-corrected chi connectivity index (χ0v) is 15.4. The van der Waals surface area contributed by atoms with E-state index < -0.39 is 11.9 Å². The van der Waals surface area contributed by atoms with Crippen LogP contribution in [0.25, 0.3) is 0 Å². The first-order valence-corrected chi connectivity index (χ1v) is 9.37. The molecule has 0 radical (unpaired) electrons. The topological polar surface area (TPSA) is 114 Å². The summed E-state index contributed by atoms with van der Waals surface area (Å²) in [6, 6.07) is 9.14. The molecule has 0 aliphatic carbocycles. The third-order valence-corrected chi connectivity index (χ3v) is 5.37. The Morgan fingerprint density at radius 3 is 2.57 bits per heavy atom. The highest BCUT2D eigenvalue weighted by Crippen LogP contribution is 2.26. The highest BCUT2D eigenvalue weighted by atomic mass is 16.2. The van der Waals surface area contributed by atoms with Crippen molar-refractivity contribution in [1.82, 2.24) is 24.8 Å². The first-order valence-electron chi connectivity index (χ1n) is 9.37. The standard InChI is InChI=1S/C19H22N6O3/c20-18(27)15-12-25(22-21-15)14-10-23(11-14)19(28)16-7-4-8-24(16)17(26)9-13-5-2-1-3-6-13/h1-3,5-6,12,14,16H,4,7-11H2,(H2,20,27). The van der Waals surface area contributed by atoms with Gasteiger partial charge in [0.25, 0.3) is 5.91 Å². The number of aromatic nitrogens is 3. The Kier molecular flexibility index (Phi) is 4.81. The molecule has 2 aliphatic rings. The normalized spacial score (nSPS) is 19.5. The number of primary amides is 1. The molecule has 2 aliphatic heterocycles. The summed E-state index contributed by atoms with van der Waals surface area (Å²) >= 11 is 0. The minimum Gasteiger partial charge on any atom is -0.364 e. The lowest BCUT2D eigenvalue weighted by Crippen LogP contribution is -2.57. The zero-order chi connectivity index (χ0) is 19.7. The number of likely N-dealkylation sites (tertiary alicyclic amines) is 2. The van der Waals surface area contributed by atoms with E-state index in [4.69, 9.17) is 5.73 Å². The highest BCUT2D eigenvalue weighted by molar-refractivity contribution is 5.90. The van der Waals surface area contributed by atoms with Crippen LogP contribution in [0.4, 0.5) is 0 Å². The van der Waals surface area contributed by atoms with Crippen molar-refractivity contribution in [2.24, 2.45) is 5.73 Å². The lowest BCUT2D eigenvalue weighted by atomic mass is 10.1. The number of hydrogen-bond donors (Lipinski definition) is 1. The summed E-state index contributed by atoms with van der Waals surface area (Å²) in [7, 11) is 0. The van der Waals surface area contributed by atoms with Crippen LogP contribution >= 0.6 is 0 Å². The molecule has 0 saturated carbocycles. The molecule has 28 heavy (non-hydrogen) atoms. The Labute approximate surface area is 162 Å². The summed E-state index contributed by atoms with van der Waals surface area (Å²) in [5, 5.41) is 7.63. The molecule has 3 heterocycles. The fraction of sp³-hybridized carbons (Fsp3) is 0.421. The van der Waals surface area contributed by atoms with Crippen LogP contribution in [0.15, 0.2) is 36.5 Å². The van der Waals surface area contributed by atoms with Crippen molar-refractivity contribution in [2.45, 2.75) is 31.3 Å².